The third-order valence-electron chi connectivity index (χ3n) is 3.63. The summed E-state index contributed by atoms with van der Waals surface area (Å²) in [6.45, 7) is -0.170. The van der Waals surface area contributed by atoms with Gasteiger partial charge in [0, 0.05) is 0 Å². The number of rotatable bonds is 5. The van der Waals surface area contributed by atoms with E-state index in [1.807, 2.05) is 6.07 Å². The van der Waals surface area contributed by atoms with Crippen LogP contribution in [0.1, 0.15) is 5.56 Å². The third kappa shape index (κ3) is 5.65. The molecule has 0 spiro atoms. The van der Waals surface area contributed by atoms with Gasteiger partial charge >= 0.3 is 5.97 Å². The van der Waals surface area contributed by atoms with Gasteiger partial charge in [-0.05, 0) is 70.3 Å². The zero-order valence-electron chi connectivity index (χ0n) is 14.9. The van der Waals surface area contributed by atoms with Crippen molar-refractivity contribution >= 4 is 86.4 Å². The highest BCUT2D eigenvalue weighted by Crippen LogP contribution is 2.34. The molecule has 3 rings (SSSR count). The van der Waals surface area contributed by atoms with Crippen molar-refractivity contribution in [2.24, 2.45) is 4.99 Å². The fraction of sp³-hybridized carbons (Fsp3) is 0.105. The lowest BCUT2D eigenvalue weighted by molar-refractivity contribution is -0.142. The number of amidine groups is 1. The summed E-state index contributed by atoms with van der Waals surface area (Å²) in [4.78, 5) is 28.3. The summed E-state index contributed by atoms with van der Waals surface area (Å²) in [6, 6.07) is 10.5. The first-order chi connectivity index (χ1) is 13.9. The Hall–Kier alpha value is -1.75. The number of ether oxygens (including phenoxy) is 2. The molecule has 0 atom stereocenters. The SMILES string of the molecule is COC(=O)COc1ccc(/C=C2/SC(=Nc3cccc(Cl)c3Cl)NC2=O)cc1I. The molecule has 1 heterocycles. The summed E-state index contributed by atoms with van der Waals surface area (Å²) < 4.78 is 10.8. The number of aliphatic imine (C=N–C) groups is 1. The number of carbonyl (C=O) groups is 2. The van der Waals surface area contributed by atoms with Gasteiger partial charge in [0.25, 0.3) is 5.91 Å². The Morgan fingerprint density at radius 2 is 2.10 bits per heavy atom. The number of hydrogen-bond acceptors (Lipinski definition) is 6. The van der Waals surface area contributed by atoms with Gasteiger partial charge in [-0.3, -0.25) is 4.79 Å². The van der Waals surface area contributed by atoms with Gasteiger partial charge in [-0.25, -0.2) is 9.79 Å². The highest BCUT2D eigenvalue weighted by Gasteiger charge is 2.24. The van der Waals surface area contributed by atoms with Crippen LogP contribution in [0.2, 0.25) is 10.0 Å². The molecule has 0 aromatic heterocycles. The number of thioether (sulfide) groups is 1. The molecule has 0 aliphatic carbocycles. The van der Waals surface area contributed by atoms with Crippen LogP contribution in [0.25, 0.3) is 6.08 Å². The largest absolute Gasteiger partial charge is 0.481 e. The number of methoxy groups -OCH3 is 1. The Labute approximate surface area is 194 Å². The number of hydrogen-bond donors (Lipinski definition) is 1. The second-order valence-corrected chi connectivity index (χ2v) is 8.59. The maximum absolute atomic E-state index is 12.3. The molecule has 2 aromatic carbocycles. The normalized spacial score (nSPS) is 16.2. The first kappa shape index (κ1) is 21.9. The number of amides is 1. The predicted molar refractivity (Wildman–Crippen MR) is 124 cm³/mol. The molecule has 6 nitrogen and oxygen atoms in total. The van der Waals surface area contributed by atoms with Crippen molar-refractivity contribution in [3.63, 3.8) is 0 Å². The lowest BCUT2D eigenvalue weighted by Crippen LogP contribution is -2.19. The predicted octanol–water partition coefficient (Wildman–Crippen LogP) is 5.04. The number of esters is 1. The molecule has 1 N–H and O–H groups in total. The van der Waals surface area contributed by atoms with Gasteiger partial charge in [-0.2, -0.15) is 0 Å². The average Bonchev–Trinajstić information content (AvgIpc) is 3.03. The van der Waals surface area contributed by atoms with Crippen LogP contribution in [0.5, 0.6) is 5.75 Å². The Morgan fingerprint density at radius 3 is 2.83 bits per heavy atom. The zero-order chi connectivity index (χ0) is 21.0. The molecule has 29 heavy (non-hydrogen) atoms. The quantitative estimate of drug-likeness (QED) is 0.314. The second-order valence-electron chi connectivity index (χ2n) is 5.61. The molecule has 10 heteroatoms. The maximum Gasteiger partial charge on any atom is 0.343 e. The summed E-state index contributed by atoms with van der Waals surface area (Å²) in [5.74, 6) is -0.162. The Morgan fingerprint density at radius 1 is 1.31 bits per heavy atom. The summed E-state index contributed by atoms with van der Waals surface area (Å²) in [6.07, 6.45) is 1.74. The van der Waals surface area contributed by atoms with Gasteiger partial charge in [0.05, 0.1) is 31.3 Å². The van der Waals surface area contributed by atoms with Gasteiger partial charge in [-0.1, -0.05) is 35.3 Å². The lowest BCUT2D eigenvalue weighted by Gasteiger charge is -2.07. The van der Waals surface area contributed by atoms with E-state index < -0.39 is 5.97 Å². The van der Waals surface area contributed by atoms with Crippen molar-refractivity contribution in [1.82, 2.24) is 5.32 Å². The number of nitrogens with zero attached hydrogens (tertiary/aromatic N) is 1. The molecule has 0 bridgehead atoms. The van der Waals surface area contributed by atoms with Crippen LogP contribution in [-0.2, 0) is 14.3 Å². The van der Waals surface area contributed by atoms with Crippen LogP contribution in [-0.4, -0.2) is 30.8 Å². The molecule has 1 saturated heterocycles. The van der Waals surface area contributed by atoms with Gasteiger partial charge < -0.3 is 14.8 Å². The smallest absolute Gasteiger partial charge is 0.343 e. The van der Waals surface area contributed by atoms with E-state index in [0.29, 0.717) is 31.6 Å². The Bertz CT molecular complexity index is 1040. The highest BCUT2D eigenvalue weighted by atomic mass is 127. The minimum absolute atomic E-state index is 0.170. The van der Waals surface area contributed by atoms with Crippen molar-refractivity contribution in [3.8, 4) is 5.75 Å². The molecule has 1 aliphatic heterocycles. The third-order valence-corrected chi connectivity index (χ3v) is 6.19. The van der Waals surface area contributed by atoms with Crippen LogP contribution in [0.15, 0.2) is 46.3 Å². The fourth-order valence-electron chi connectivity index (χ4n) is 2.24. The van der Waals surface area contributed by atoms with E-state index in [-0.39, 0.29) is 12.5 Å². The van der Waals surface area contributed by atoms with E-state index in [4.69, 9.17) is 27.9 Å². The molecule has 1 amide bonds. The minimum atomic E-state index is -0.461. The van der Waals surface area contributed by atoms with E-state index in [1.54, 1.807) is 36.4 Å². The van der Waals surface area contributed by atoms with E-state index in [9.17, 15) is 9.59 Å². The van der Waals surface area contributed by atoms with Crippen LogP contribution in [0.3, 0.4) is 0 Å². The molecular weight excluding hydrogens is 550 g/mol. The second kappa shape index (κ2) is 9.84. The van der Waals surface area contributed by atoms with Gasteiger partial charge in [0.15, 0.2) is 11.8 Å². The first-order valence-electron chi connectivity index (χ1n) is 8.10. The molecule has 2 aromatic rings. The number of benzene rings is 2. The number of nitrogens with one attached hydrogen (secondary N) is 1. The number of carbonyl (C=O) groups excluding carboxylic acids is 2. The first-order valence-corrected chi connectivity index (χ1v) is 10.7. The van der Waals surface area contributed by atoms with Gasteiger partial charge in [-0.15, -0.1) is 0 Å². The van der Waals surface area contributed by atoms with E-state index >= 15 is 0 Å². The van der Waals surface area contributed by atoms with Crippen molar-refractivity contribution in [3.05, 3.63) is 60.5 Å². The number of halogens is 3. The van der Waals surface area contributed by atoms with E-state index in [1.165, 1.54) is 18.9 Å². The highest BCUT2D eigenvalue weighted by molar-refractivity contribution is 14.1. The minimum Gasteiger partial charge on any atom is -0.481 e. The molecule has 0 unspecified atom stereocenters. The molecule has 0 saturated carbocycles. The Balaban J connectivity index is 1.76. The lowest BCUT2D eigenvalue weighted by atomic mass is 10.2. The van der Waals surface area contributed by atoms with Crippen molar-refractivity contribution in [2.45, 2.75) is 0 Å². The van der Waals surface area contributed by atoms with E-state index in [2.05, 4.69) is 37.6 Å². The summed E-state index contributed by atoms with van der Waals surface area (Å²) in [7, 11) is 1.30. The van der Waals surface area contributed by atoms with Crippen molar-refractivity contribution < 1.29 is 19.1 Å². The molecule has 1 aliphatic rings. The van der Waals surface area contributed by atoms with Crippen LogP contribution in [0, 0.1) is 3.57 Å². The zero-order valence-corrected chi connectivity index (χ0v) is 19.4. The maximum atomic E-state index is 12.3. The standard InChI is InChI=1S/C19H13Cl2IN2O4S/c1-27-16(25)9-28-14-6-5-10(7-12(14)22)8-15-18(26)24-19(29-15)23-13-4-2-3-11(20)17(13)21/h2-8H,9H2,1H3,(H,23,24,26)/b15-8+. The monoisotopic (exact) mass is 562 g/mol. The van der Waals surface area contributed by atoms with Gasteiger partial charge in [0.1, 0.15) is 5.75 Å². The fourth-order valence-corrected chi connectivity index (χ4v) is 4.11. The van der Waals surface area contributed by atoms with Crippen LogP contribution >= 0.6 is 57.6 Å². The molecule has 0 radical (unpaired) electrons. The summed E-state index contributed by atoms with van der Waals surface area (Å²) >= 11 is 15.4. The van der Waals surface area contributed by atoms with Crippen molar-refractivity contribution in [1.29, 1.82) is 0 Å². The van der Waals surface area contributed by atoms with E-state index in [0.717, 1.165) is 9.13 Å². The summed E-state index contributed by atoms with van der Waals surface area (Å²) in [5, 5.41) is 3.84. The van der Waals surface area contributed by atoms with Crippen LogP contribution in [0.4, 0.5) is 5.69 Å². The molecule has 1 fully saturated rings. The Kier molecular flexibility index (Phi) is 7.44. The summed E-state index contributed by atoms with van der Waals surface area (Å²) in [5.41, 5.74) is 1.28. The van der Waals surface area contributed by atoms with Crippen LogP contribution < -0.4 is 10.1 Å². The van der Waals surface area contributed by atoms with Crippen molar-refractivity contribution in [2.75, 3.05) is 13.7 Å². The molecular formula is C19H13Cl2IN2O4S. The topological polar surface area (TPSA) is 77.0 Å². The average molecular weight is 563 g/mol. The van der Waals surface area contributed by atoms with Gasteiger partial charge in [0.2, 0.25) is 0 Å². The molecule has 150 valence electrons.